The largest absolute Gasteiger partial charge is 0.490 e. The first-order chi connectivity index (χ1) is 16.5. The van der Waals surface area contributed by atoms with E-state index < -0.39 is 0 Å². The molecule has 1 aliphatic heterocycles. The molecule has 1 aromatic carbocycles. The average molecular weight is 497 g/mol. The lowest BCUT2D eigenvalue weighted by molar-refractivity contribution is 0.146. The molecular weight excluding hydrogens is 468 g/mol. The number of thiocarbonyl (C=S) groups is 1. The zero-order valence-electron chi connectivity index (χ0n) is 19.6. The third kappa shape index (κ3) is 4.28. The summed E-state index contributed by atoms with van der Waals surface area (Å²) in [7, 11) is 1.65. The zero-order chi connectivity index (χ0) is 23.8. The van der Waals surface area contributed by atoms with Crippen molar-refractivity contribution in [3.05, 3.63) is 76.3 Å². The Morgan fingerprint density at radius 3 is 2.65 bits per heavy atom. The van der Waals surface area contributed by atoms with Gasteiger partial charge in [-0.3, -0.25) is 4.98 Å². The smallest absolute Gasteiger partial charge is 0.174 e. The van der Waals surface area contributed by atoms with Gasteiger partial charge in [0.2, 0.25) is 0 Å². The number of rotatable bonds is 8. The summed E-state index contributed by atoms with van der Waals surface area (Å²) in [6.45, 7) is 5.35. The summed E-state index contributed by atoms with van der Waals surface area (Å²) in [5.41, 5.74) is 5.70. The van der Waals surface area contributed by atoms with Gasteiger partial charge in [0.15, 0.2) is 5.11 Å². The predicted molar refractivity (Wildman–Crippen MR) is 139 cm³/mol. The summed E-state index contributed by atoms with van der Waals surface area (Å²) in [5.74, 6) is 0.630. The Labute approximate surface area is 210 Å². The van der Waals surface area contributed by atoms with Gasteiger partial charge in [-0.15, -0.1) is 0 Å². The molecule has 178 valence electrons. The van der Waals surface area contributed by atoms with Crippen molar-refractivity contribution in [1.29, 1.82) is 0 Å². The Morgan fingerprint density at radius 1 is 1.15 bits per heavy atom. The molecule has 2 unspecified atom stereocenters. The number of anilines is 1. The summed E-state index contributed by atoms with van der Waals surface area (Å²) < 4.78 is 13.3. The molecule has 2 fully saturated rings. The minimum absolute atomic E-state index is 0.0579. The highest BCUT2D eigenvalue weighted by molar-refractivity contribution is 7.80. The van der Waals surface area contributed by atoms with Crippen LogP contribution < -0.4 is 15.0 Å². The Bertz CT molecular complexity index is 1200. The van der Waals surface area contributed by atoms with E-state index in [2.05, 4.69) is 45.7 Å². The van der Waals surface area contributed by atoms with E-state index in [0.717, 1.165) is 11.4 Å². The summed E-state index contributed by atoms with van der Waals surface area (Å²) in [6, 6.07) is 14.6. The molecule has 1 N–H and O–H groups in total. The Hall–Kier alpha value is -2.61. The van der Waals surface area contributed by atoms with Gasteiger partial charge >= 0.3 is 0 Å². The highest BCUT2D eigenvalue weighted by Crippen LogP contribution is 2.46. The van der Waals surface area contributed by atoms with Gasteiger partial charge in [-0.2, -0.15) is 0 Å². The SMILES string of the molecule is COCCOc1ccc(N2C(=S)NC(c3ccccn3)C2c2cc(C)n(C3CC3)c2C)cc1Cl. The van der Waals surface area contributed by atoms with E-state index in [1.165, 1.54) is 29.8 Å². The number of hydrogen-bond donors (Lipinski definition) is 1. The molecule has 34 heavy (non-hydrogen) atoms. The number of aryl methyl sites for hydroxylation is 1. The third-order valence-corrected chi connectivity index (χ3v) is 7.20. The van der Waals surface area contributed by atoms with Gasteiger partial charge in [-0.1, -0.05) is 17.7 Å². The quantitative estimate of drug-likeness (QED) is 0.319. The first kappa shape index (κ1) is 23.1. The molecule has 8 heteroatoms. The number of hydrogen-bond acceptors (Lipinski definition) is 4. The Kier molecular flexibility index (Phi) is 6.51. The lowest BCUT2D eigenvalue weighted by Crippen LogP contribution is -2.29. The van der Waals surface area contributed by atoms with Crippen LogP contribution in [0.3, 0.4) is 0 Å². The Morgan fingerprint density at radius 2 is 1.97 bits per heavy atom. The number of ether oxygens (including phenoxy) is 2. The highest BCUT2D eigenvalue weighted by atomic mass is 35.5. The molecule has 2 aromatic heterocycles. The topological polar surface area (TPSA) is 51.6 Å². The molecule has 0 amide bonds. The van der Waals surface area contributed by atoms with E-state index in [0.29, 0.717) is 35.1 Å². The molecule has 0 radical (unpaired) electrons. The predicted octanol–water partition coefficient (Wildman–Crippen LogP) is 5.69. The van der Waals surface area contributed by atoms with Gasteiger partial charge in [0.05, 0.1) is 29.4 Å². The fourth-order valence-electron chi connectivity index (χ4n) is 4.94. The maximum atomic E-state index is 6.62. The second-order valence-electron chi connectivity index (χ2n) is 8.88. The van der Waals surface area contributed by atoms with Crippen molar-refractivity contribution in [2.24, 2.45) is 0 Å². The van der Waals surface area contributed by atoms with Crippen LogP contribution in [0.5, 0.6) is 5.75 Å². The minimum atomic E-state index is -0.0849. The van der Waals surface area contributed by atoms with Gasteiger partial charge in [-0.05, 0) is 80.9 Å². The van der Waals surface area contributed by atoms with Gasteiger partial charge in [0.25, 0.3) is 0 Å². The van der Waals surface area contributed by atoms with Crippen LogP contribution >= 0.6 is 23.8 Å². The van der Waals surface area contributed by atoms with Crippen molar-refractivity contribution < 1.29 is 9.47 Å². The van der Waals surface area contributed by atoms with Crippen molar-refractivity contribution in [2.75, 3.05) is 25.2 Å². The van der Waals surface area contributed by atoms with Crippen LogP contribution in [-0.2, 0) is 4.74 Å². The monoisotopic (exact) mass is 496 g/mol. The molecule has 1 saturated heterocycles. The summed E-state index contributed by atoms with van der Waals surface area (Å²) in [6.07, 6.45) is 4.31. The third-order valence-electron chi connectivity index (χ3n) is 6.59. The highest BCUT2D eigenvalue weighted by Gasteiger charge is 2.43. The lowest BCUT2D eigenvalue weighted by Gasteiger charge is -2.28. The first-order valence-corrected chi connectivity index (χ1v) is 12.4. The van der Waals surface area contributed by atoms with Crippen LogP contribution in [0.15, 0.2) is 48.7 Å². The van der Waals surface area contributed by atoms with Gasteiger partial charge < -0.3 is 24.3 Å². The summed E-state index contributed by atoms with van der Waals surface area (Å²) in [5, 5.41) is 4.73. The van der Waals surface area contributed by atoms with Gasteiger partial charge in [0.1, 0.15) is 12.4 Å². The van der Waals surface area contributed by atoms with Crippen LogP contribution in [0, 0.1) is 13.8 Å². The van der Waals surface area contributed by atoms with E-state index >= 15 is 0 Å². The first-order valence-electron chi connectivity index (χ1n) is 11.6. The number of halogens is 1. The number of nitrogens with zero attached hydrogens (tertiary/aromatic N) is 3. The molecular formula is C26H29ClN4O2S. The zero-order valence-corrected chi connectivity index (χ0v) is 21.2. The minimum Gasteiger partial charge on any atom is -0.490 e. The van der Waals surface area contributed by atoms with E-state index in [-0.39, 0.29) is 12.1 Å². The number of aromatic nitrogens is 2. The second kappa shape index (κ2) is 9.56. The molecule has 6 nitrogen and oxygen atoms in total. The van der Waals surface area contributed by atoms with Crippen molar-refractivity contribution in [3.63, 3.8) is 0 Å². The fraction of sp³-hybridized carbons (Fsp3) is 0.385. The maximum absolute atomic E-state index is 6.62. The second-order valence-corrected chi connectivity index (χ2v) is 9.67. The van der Waals surface area contributed by atoms with Crippen LogP contribution in [0.4, 0.5) is 5.69 Å². The van der Waals surface area contributed by atoms with Crippen LogP contribution in [0.1, 0.15) is 53.6 Å². The molecule has 1 aliphatic carbocycles. The Balaban J connectivity index is 1.56. The molecule has 2 atom stereocenters. The van der Waals surface area contributed by atoms with Gasteiger partial charge in [0, 0.05) is 36.4 Å². The standard InChI is InChI=1S/C26H29ClN4O2S/c1-16-14-20(17(2)30(16)18-7-8-18)25-24(22-6-4-5-11-28-22)29-26(34)31(25)19-9-10-23(21(27)15-19)33-13-12-32-3/h4-6,9-11,14-15,18,24-25H,7-8,12-13H2,1-3H3,(H,29,34). The summed E-state index contributed by atoms with van der Waals surface area (Å²) in [4.78, 5) is 6.83. The van der Waals surface area contributed by atoms with E-state index in [1.807, 2.05) is 36.5 Å². The molecule has 2 aliphatic rings. The van der Waals surface area contributed by atoms with Crippen molar-refractivity contribution >= 4 is 34.6 Å². The van der Waals surface area contributed by atoms with Crippen molar-refractivity contribution in [1.82, 2.24) is 14.9 Å². The van der Waals surface area contributed by atoms with Gasteiger partial charge in [-0.25, -0.2) is 0 Å². The lowest BCUT2D eigenvalue weighted by atomic mass is 9.96. The molecule has 1 saturated carbocycles. The van der Waals surface area contributed by atoms with Crippen LogP contribution in [0.2, 0.25) is 5.02 Å². The van der Waals surface area contributed by atoms with E-state index in [9.17, 15) is 0 Å². The van der Waals surface area contributed by atoms with Crippen LogP contribution in [0.25, 0.3) is 0 Å². The number of benzene rings is 1. The van der Waals surface area contributed by atoms with E-state index in [4.69, 9.17) is 33.3 Å². The summed E-state index contributed by atoms with van der Waals surface area (Å²) >= 11 is 12.5. The van der Waals surface area contributed by atoms with E-state index in [1.54, 1.807) is 7.11 Å². The van der Waals surface area contributed by atoms with Crippen molar-refractivity contribution in [3.8, 4) is 5.75 Å². The number of methoxy groups -OCH3 is 1. The number of nitrogens with one attached hydrogen (secondary N) is 1. The maximum Gasteiger partial charge on any atom is 0.174 e. The molecule has 3 heterocycles. The molecule has 0 bridgehead atoms. The average Bonchev–Trinajstić information content (AvgIpc) is 3.54. The van der Waals surface area contributed by atoms with Crippen LogP contribution in [-0.4, -0.2) is 35.0 Å². The molecule has 0 spiro atoms. The molecule has 5 rings (SSSR count). The van der Waals surface area contributed by atoms with Crippen molar-refractivity contribution in [2.45, 2.75) is 44.8 Å². The molecule has 3 aromatic rings. The number of pyridine rings is 1. The fourth-order valence-corrected chi connectivity index (χ4v) is 5.51. The normalized spacial score (nSPS) is 20.0.